The minimum Gasteiger partial charge on any atom is -0.353 e. The molecule has 0 radical (unpaired) electrons. The van der Waals surface area contributed by atoms with Gasteiger partial charge in [-0.05, 0) is 43.2 Å². The lowest BCUT2D eigenvalue weighted by Gasteiger charge is -2.41. The van der Waals surface area contributed by atoms with Gasteiger partial charge in [-0.3, -0.25) is 4.90 Å². The van der Waals surface area contributed by atoms with Gasteiger partial charge in [0.15, 0.2) is 5.65 Å². The van der Waals surface area contributed by atoms with E-state index in [1.165, 1.54) is 30.2 Å². The van der Waals surface area contributed by atoms with Gasteiger partial charge in [0.1, 0.15) is 5.82 Å². The maximum Gasteiger partial charge on any atom is 0.299 e. The molecular weight excluding hydrogens is 326 g/mol. The Bertz CT molecular complexity index is 770. The Morgan fingerprint density at radius 1 is 1.00 bits per heavy atom. The molecule has 2 aromatic rings. The second-order valence-corrected chi connectivity index (χ2v) is 7.59. The van der Waals surface area contributed by atoms with Crippen LogP contribution < -0.4 is 4.90 Å². The molecule has 3 heterocycles. The summed E-state index contributed by atoms with van der Waals surface area (Å²) in [7, 11) is 0. The molecule has 1 aliphatic heterocycles. The maximum absolute atomic E-state index is 13.0. The second kappa shape index (κ2) is 5.86. The Kier molecular flexibility index (Phi) is 3.62. The topological polar surface area (TPSA) is 49.6 Å². The van der Waals surface area contributed by atoms with Gasteiger partial charge < -0.3 is 4.90 Å². The van der Waals surface area contributed by atoms with Crippen LogP contribution in [0.1, 0.15) is 37.9 Å². The van der Waals surface area contributed by atoms with Gasteiger partial charge in [0.2, 0.25) is 5.82 Å². The molecule has 2 aliphatic carbocycles. The molecule has 0 aromatic carbocycles. The van der Waals surface area contributed by atoms with E-state index in [0.717, 1.165) is 49.9 Å². The van der Waals surface area contributed by atoms with E-state index in [2.05, 4.69) is 25.1 Å². The van der Waals surface area contributed by atoms with Crippen LogP contribution in [0.5, 0.6) is 0 Å². The first-order chi connectivity index (χ1) is 12.2. The number of nitrogens with zero attached hydrogens (tertiary/aromatic N) is 6. The van der Waals surface area contributed by atoms with E-state index in [1.54, 1.807) is 6.07 Å². The molecule has 2 saturated carbocycles. The molecule has 8 heteroatoms. The monoisotopic (exact) mass is 348 g/mol. The largest absolute Gasteiger partial charge is 0.353 e. The van der Waals surface area contributed by atoms with Crippen molar-refractivity contribution in [1.29, 1.82) is 0 Å². The zero-order chi connectivity index (χ0) is 17.0. The Hall–Kier alpha value is -1.83. The highest BCUT2D eigenvalue weighted by atomic mass is 19.3. The number of hydrogen-bond donors (Lipinski definition) is 0. The van der Waals surface area contributed by atoms with Crippen molar-refractivity contribution in [2.24, 2.45) is 11.8 Å². The van der Waals surface area contributed by atoms with Crippen LogP contribution in [0.3, 0.4) is 0 Å². The first kappa shape index (κ1) is 15.4. The van der Waals surface area contributed by atoms with Crippen LogP contribution in [-0.4, -0.2) is 56.9 Å². The predicted molar refractivity (Wildman–Crippen MR) is 88.8 cm³/mol. The smallest absolute Gasteiger partial charge is 0.299 e. The standard InChI is InChI=1S/C17H22F2N6/c18-16(19)17-21-20-14-3-4-15(22-25(14)17)24-7-5-23(6-8-24)13-10-11-1-2-12(13)9-11/h3-4,11-13,16H,1-2,5-10H2. The Balaban J connectivity index is 1.30. The van der Waals surface area contributed by atoms with Crippen LogP contribution in [0.2, 0.25) is 0 Å². The molecule has 134 valence electrons. The van der Waals surface area contributed by atoms with E-state index >= 15 is 0 Å². The van der Waals surface area contributed by atoms with Gasteiger partial charge in [-0.25, -0.2) is 8.78 Å². The first-order valence-corrected chi connectivity index (χ1v) is 9.18. The van der Waals surface area contributed by atoms with Crippen molar-refractivity contribution in [3.8, 4) is 0 Å². The highest BCUT2D eigenvalue weighted by Crippen LogP contribution is 2.46. The van der Waals surface area contributed by atoms with E-state index in [1.807, 2.05) is 6.07 Å². The number of hydrogen-bond acceptors (Lipinski definition) is 5. The predicted octanol–water partition coefficient (Wildman–Crippen LogP) is 2.37. The summed E-state index contributed by atoms with van der Waals surface area (Å²) in [5, 5.41) is 11.7. The summed E-state index contributed by atoms with van der Waals surface area (Å²) in [6.45, 7) is 3.83. The van der Waals surface area contributed by atoms with Crippen LogP contribution in [0.15, 0.2) is 12.1 Å². The summed E-state index contributed by atoms with van der Waals surface area (Å²) in [6.07, 6.45) is 2.95. The Labute approximate surface area is 144 Å². The summed E-state index contributed by atoms with van der Waals surface area (Å²) in [6, 6.07) is 4.33. The van der Waals surface area contributed by atoms with E-state index in [-0.39, 0.29) is 0 Å². The van der Waals surface area contributed by atoms with Gasteiger partial charge in [-0.15, -0.1) is 15.3 Å². The molecule has 3 atom stereocenters. The number of rotatable bonds is 3. The van der Waals surface area contributed by atoms with Crippen LogP contribution in [0, 0.1) is 11.8 Å². The van der Waals surface area contributed by atoms with Crippen molar-refractivity contribution in [3.63, 3.8) is 0 Å². The summed E-state index contributed by atoms with van der Waals surface area (Å²) in [5.74, 6) is 2.19. The van der Waals surface area contributed by atoms with E-state index in [0.29, 0.717) is 5.65 Å². The molecule has 3 aliphatic rings. The quantitative estimate of drug-likeness (QED) is 0.852. The number of anilines is 1. The van der Waals surface area contributed by atoms with Crippen molar-refractivity contribution in [3.05, 3.63) is 18.0 Å². The van der Waals surface area contributed by atoms with Crippen LogP contribution >= 0.6 is 0 Å². The molecule has 2 aromatic heterocycles. The highest BCUT2D eigenvalue weighted by molar-refractivity contribution is 5.46. The number of alkyl halides is 2. The van der Waals surface area contributed by atoms with Crippen molar-refractivity contribution in [1.82, 2.24) is 24.7 Å². The zero-order valence-corrected chi connectivity index (χ0v) is 14.1. The molecule has 0 amide bonds. The van der Waals surface area contributed by atoms with Gasteiger partial charge in [0.25, 0.3) is 6.43 Å². The Morgan fingerprint density at radius 3 is 2.52 bits per heavy atom. The third kappa shape index (κ3) is 2.58. The van der Waals surface area contributed by atoms with Crippen molar-refractivity contribution < 1.29 is 8.78 Å². The molecule has 25 heavy (non-hydrogen) atoms. The van der Waals surface area contributed by atoms with E-state index in [4.69, 9.17) is 0 Å². The van der Waals surface area contributed by atoms with E-state index < -0.39 is 12.2 Å². The van der Waals surface area contributed by atoms with Crippen LogP contribution in [-0.2, 0) is 0 Å². The number of halogens is 2. The Morgan fingerprint density at radius 2 is 1.84 bits per heavy atom. The summed E-state index contributed by atoms with van der Waals surface area (Å²) < 4.78 is 27.2. The normalized spacial score (nSPS) is 30.0. The molecule has 2 bridgehead atoms. The molecule has 3 unspecified atom stereocenters. The maximum atomic E-state index is 13.0. The minimum atomic E-state index is -2.67. The van der Waals surface area contributed by atoms with Gasteiger partial charge in [0.05, 0.1) is 0 Å². The molecule has 5 rings (SSSR count). The average molecular weight is 348 g/mol. The van der Waals surface area contributed by atoms with Gasteiger partial charge in [0, 0.05) is 32.2 Å². The third-order valence-corrected chi connectivity index (χ3v) is 6.28. The molecule has 3 fully saturated rings. The highest BCUT2D eigenvalue weighted by Gasteiger charge is 2.42. The van der Waals surface area contributed by atoms with Crippen molar-refractivity contribution >= 4 is 11.5 Å². The lowest BCUT2D eigenvalue weighted by Crippen LogP contribution is -2.52. The van der Waals surface area contributed by atoms with Gasteiger partial charge in [-0.2, -0.15) is 4.52 Å². The zero-order valence-electron chi connectivity index (χ0n) is 14.1. The molecular formula is C17H22F2N6. The SMILES string of the molecule is FC(F)c1nnc2ccc(N3CCN(C4CC5CCC4C5)CC3)nn12. The van der Waals surface area contributed by atoms with Gasteiger partial charge >= 0.3 is 0 Å². The molecule has 6 nitrogen and oxygen atoms in total. The average Bonchev–Trinajstić information content (AvgIpc) is 3.36. The summed E-state index contributed by atoms with van der Waals surface area (Å²) in [5.41, 5.74) is 0.361. The second-order valence-electron chi connectivity index (χ2n) is 7.59. The van der Waals surface area contributed by atoms with E-state index in [9.17, 15) is 8.78 Å². The lowest BCUT2D eigenvalue weighted by molar-refractivity contribution is 0.134. The number of piperazine rings is 1. The van der Waals surface area contributed by atoms with Crippen molar-refractivity contribution in [2.75, 3.05) is 31.1 Å². The van der Waals surface area contributed by atoms with Crippen LogP contribution in [0.4, 0.5) is 14.6 Å². The summed E-state index contributed by atoms with van der Waals surface area (Å²) >= 11 is 0. The minimum absolute atomic E-state index is 0.361. The lowest BCUT2D eigenvalue weighted by atomic mass is 9.93. The van der Waals surface area contributed by atoms with Gasteiger partial charge in [-0.1, -0.05) is 6.42 Å². The van der Waals surface area contributed by atoms with Crippen molar-refractivity contribution in [2.45, 2.75) is 38.2 Å². The fraction of sp³-hybridized carbons (Fsp3) is 0.706. The third-order valence-electron chi connectivity index (χ3n) is 6.28. The number of aromatic nitrogens is 4. The molecule has 0 spiro atoms. The molecule has 0 N–H and O–H groups in total. The fourth-order valence-corrected chi connectivity index (χ4v) is 5.04. The molecule has 1 saturated heterocycles. The number of fused-ring (bicyclic) bond motifs is 3. The first-order valence-electron chi connectivity index (χ1n) is 9.18. The fourth-order valence-electron chi connectivity index (χ4n) is 5.04. The summed E-state index contributed by atoms with van der Waals surface area (Å²) in [4.78, 5) is 4.82. The van der Waals surface area contributed by atoms with Crippen LogP contribution in [0.25, 0.3) is 5.65 Å².